The van der Waals surface area contributed by atoms with Crippen molar-refractivity contribution in [3.63, 3.8) is 0 Å². The molecule has 0 radical (unpaired) electrons. The molecule has 0 aliphatic carbocycles. The van der Waals surface area contributed by atoms with E-state index < -0.39 is 18.0 Å². The minimum Gasteiger partial charge on any atom is -0.394 e. The zero-order valence-corrected chi connectivity index (χ0v) is 19.3. The van der Waals surface area contributed by atoms with Gasteiger partial charge in [0, 0.05) is 16.6 Å². The monoisotopic (exact) mass is 488 g/mol. The fraction of sp³-hybridized carbons (Fsp3) is 0.304. The highest BCUT2D eigenvalue weighted by molar-refractivity contribution is 6.30. The molecule has 2 unspecified atom stereocenters. The highest BCUT2D eigenvalue weighted by Gasteiger charge is 2.22. The van der Waals surface area contributed by atoms with Gasteiger partial charge in [-0.2, -0.15) is 15.4 Å². The van der Waals surface area contributed by atoms with Gasteiger partial charge in [-0.15, -0.1) is 0 Å². The molecule has 0 saturated carbocycles. The Hall–Kier alpha value is -3.34. The van der Waals surface area contributed by atoms with Crippen molar-refractivity contribution < 1.29 is 19.1 Å². The van der Waals surface area contributed by atoms with Crippen LogP contribution < -0.4 is 16.0 Å². The molecule has 1 heterocycles. The topological polar surface area (TPSA) is 132 Å². The van der Waals surface area contributed by atoms with Gasteiger partial charge in [-0.05, 0) is 49.2 Å². The van der Waals surface area contributed by atoms with Crippen LogP contribution in [0.25, 0.3) is 11.1 Å². The van der Waals surface area contributed by atoms with Gasteiger partial charge in [0.2, 0.25) is 5.91 Å². The number of aliphatic hydroxyl groups excluding tert-OH is 1. The van der Waals surface area contributed by atoms with Gasteiger partial charge in [-0.3, -0.25) is 9.59 Å². The second kappa shape index (κ2) is 12.2. The summed E-state index contributed by atoms with van der Waals surface area (Å²) in [5.74, 6) is -1.08. The molecule has 2 amide bonds. The average molecular weight is 489 g/mol. The number of amides is 2. The molecule has 0 aliphatic rings. The summed E-state index contributed by atoms with van der Waals surface area (Å²) in [6.07, 6.45) is 1.99. The van der Waals surface area contributed by atoms with Crippen LogP contribution in [0.1, 0.15) is 22.5 Å². The molecule has 0 saturated heterocycles. The third-order valence-corrected chi connectivity index (χ3v) is 5.39. The SMILES string of the molecule is CNCC(=O)NC(CO)CC(Cc1ccc(-c2cc(Cl)ccc2F)cc1)NC(=O)c1cn[nH]n1. The van der Waals surface area contributed by atoms with E-state index in [2.05, 4.69) is 31.4 Å². The second-order valence-corrected chi connectivity index (χ2v) is 8.20. The Morgan fingerprint density at radius 3 is 2.56 bits per heavy atom. The summed E-state index contributed by atoms with van der Waals surface area (Å²) in [7, 11) is 1.65. The molecule has 34 heavy (non-hydrogen) atoms. The van der Waals surface area contributed by atoms with Crippen molar-refractivity contribution in [3.05, 3.63) is 70.8 Å². The van der Waals surface area contributed by atoms with E-state index in [1.165, 1.54) is 18.3 Å². The molecular weight excluding hydrogens is 463 g/mol. The molecule has 1 aromatic heterocycles. The number of halogens is 2. The molecule has 2 aromatic carbocycles. The van der Waals surface area contributed by atoms with Crippen LogP contribution in [0.2, 0.25) is 5.02 Å². The minimum absolute atomic E-state index is 0.105. The first-order valence-corrected chi connectivity index (χ1v) is 11.0. The third kappa shape index (κ3) is 7.08. The van der Waals surface area contributed by atoms with Gasteiger partial charge >= 0.3 is 0 Å². The lowest BCUT2D eigenvalue weighted by molar-refractivity contribution is -0.121. The Morgan fingerprint density at radius 1 is 1.15 bits per heavy atom. The molecule has 9 nitrogen and oxygen atoms in total. The van der Waals surface area contributed by atoms with E-state index in [9.17, 15) is 19.1 Å². The molecular formula is C23H26ClFN6O3. The Morgan fingerprint density at radius 2 is 1.91 bits per heavy atom. The van der Waals surface area contributed by atoms with Crippen molar-refractivity contribution in [2.45, 2.75) is 24.9 Å². The molecule has 3 aromatic rings. The van der Waals surface area contributed by atoms with Crippen LogP contribution in [0.5, 0.6) is 0 Å². The van der Waals surface area contributed by atoms with Gasteiger partial charge < -0.3 is 21.1 Å². The van der Waals surface area contributed by atoms with Crippen LogP contribution >= 0.6 is 11.6 Å². The number of benzene rings is 2. The fourth-order valence-corrected chi connectivity index (χ4v) is 3.72. The van der Waals surface area contributed by atoms with Crippen molar-refractivity contribution in [3.8, 4) is 11.1 Å². The van der Waals surface area contributed by atoms with Crippen molar-refractivity contribution in [1.82, 2.24) is 31.4 Å². The predicted octanol–water partition coefficient (Wildman–Crippen LogP) is 1.69. The summed E-state index contributed by atoms with van der Waals surface area (Å²) in [5.41, 5.74) is 2.05. The number of aromatic nitrogens is 3. The molecule has 0 fully saturated rings. The molecule has 180 valence electrons. The number of aromatic amines is 1. The van der Waals surface area contributed by atoms with E-state index in [4.69, 9.17) is 11.6 Å². The van der Waals surface area contributed by atoms with Crippen molar-refractivity contribution >= 4 is 23.4 Å². The van der Waals surface area contributed by atoms with E-state index in [0.29, 0.717) is 22.6 Å². The van der Waals surface area contributed by atoms with Crippen LogP contribution in [0.15, 0.2) is 48.7 Å². The van der Waals surface area contributed by atoms with Gasteiger partial charge in [0.25, 0.3) is 5.91 Å². The van der Waals surface area contributed by atoms with E-state index in [0.717, 1.165) is 5.56 Å². The number of hydrogen-bond donors (Lipinski definition) is 5. The number of carbonyl (C=O) groups excluding carboxylic acids is 2. The summed E-state index contributed by atoms with van der Waals surface area (Å²) >= 11 is 6.00. The molecule has 0 aliphatic heterocycles. The molecule has 2 atom stereocenters. The van der Waals surface area contributed by atoms with Gasteiger partial charge in [-0.25, -0.2) is 4.39 Å². The number of nitrogens with one attached hydrogen (secondary N) is 4. The number of aliphatic hydroxyl groups is 1. The van der Waals surface area contributed by atoms with Crippen LogP contribution in [0, 0.1) is 5.82 Å². The summed E-state index contributed by atoms with van der Waals surface area (Å²) in [6.45, 7) is -0.188. The van der Waals surface area contributed by atoms with Crippen molar-refractivity contribution in [1.29, 1.82) is 0 Å². The Bertz CT molecular complexity index is 1090. The van der Waals surface area contributed by atoms with E-state index in [1.807, 2.05) is 12.1 Å². The maximum Gasteiger partial charge on any atom is 0.273 e. The molecule has 0 spiro atoms. The predicted molar refractivity (Wildman–Crippen MR) is 126 cm³/mol. The second-order valence-electron chi connectivity index (χ2n) is 7.76. The largest absolute Gasteiger partial charge is 0.394 e. The van der Waals surface area contributed by atoms with Crippen LogP contribution in [0.4, 0.5) is 4.39 Å². The summed E-state index contributed by atoms with van der Waals surface area (Å²) in [6, 6.07) is 10.6. The minimum atomic E-state index is -0.566. The maximum absolute atomic E-state index is 14.2. The Labute approximate surface area is 201 Å². The molecule has 5 N–H and O–H groups in total. The van der Waals surface area contributed by atoms with Gasteiger partial charge in [0.1, 0.15) is 5.82 Å². The lowest BCUT2D eigenvalue weighted by Crippen LogP contribution is -2.47. The number of carbonyl (C=O) groups is 2. The smallest absolute Gasteiger partial charge is 0.273 e. The third-order valence-electron chi connectivity index (χ3n) is 5.15. The number of hydrogen-bond acceptors (Lipinski definition) is 6. The van der Waals surface area contributed by atoms with E-state index in [-0.39, 0.29) is 37.0 Å². The summed E-state index contributed by atoms with van der Waals surface area (Å²) < 4.78 is 14.2. The lowest BCUT2D eigenvalue weighted by atomic mass is 9.97. The zero-order chi connectivity index (χ0) is 24.5. The van der Waals surface area contributed by atoms with Crippen LogP contribution in [-0.2, 0) is 11.2 Å². The van der Waals surface area contributed by atoms with Crippen LogP contribution in [0.3, 0.4) is 0 Å². The van der Waals surface area contributed by atoms with Crippen molar-refractivity contribution in [2.24, 2.45) is 0 Å². The van der Waals surface area contributed by atoms with E-state index >= 15 is 0 Å². The maximum atomic E-state index is 14.2. The van der Waals surface area contributed by atoms with Crippen LogP contribution in [-0.4, -0.2) is 64.6 Å². The van der Waals surface area contributed by atoms with Gasteiger partial charge in [-0.1, -0.05) is 35.9 Å². The molecule has 0 bridgehead atoms. The Kier molecular flexibility index (Phi) is 9.08. The highest BCUT2D eigenvalue weighted by Crippen LogP contribution is 2.26. The average Bonchev–Trinajstić information content (AvgIpc) is 3.36. The van der Waals surface area contributed by atoms with Gasteiger partial charge in [0.15, 0.2) is 5.69 Å². The first-order valence-electron chi connectivity index (χ1n) is 10.7. The molecule has 11 heteroatoms. The standard InChI is InChI=1S/C23H26ClFN6O3/c1-26-12-22(33)28-18(13-32)10-17(29-23(34)21-11-27-31-30-21)8-14-2-4-15(5-3-14)19-9-16(24)6-7-20(19)25/h2-7,9,11,17-18,26,32H,8,10,12-13H2,1H3,(H,28,33)(H,29,34)(H,27,30,31). The first kappa shape index (κ1) is 25.3. The highest BCUT2D eigenvalue weighted by atomic mass is 35.5. The normalized spacial score (nSPS) is 12.7. The number of rotatable bonds is 11. The van der Waals surface area contributed by atoms with Gasteiger partial charge in [0.05, 0.1) is 25.4 Å². The van der Waals surface area contributed by atoms with Crippen molar-refractivity contribution in [2.75, 3.05) is 20.2 Å². The van der Waals surface area contributed by atoms with E-state index in [1.54, 1.807) is 25.2 Å². The summed E-state index contributed by atoms with van der Waals surface area (Å²) in [4.78, 5) is 24.5. The Balaban J connectivity index is 1.76. The number of H-pyrrole nitrogens is 1. The number of likely N-dealkylation sites (N-methyl/N-ethyl adjacent to an activating group) is 1. The zero-order valence-electron chi connectivity index (χ0n) is 18.5. The number of nitrogens with zero attached hydrogens (tertiary/aromatic N) is 2. The lowest BCUT2D eigenvalue weighted by Gasteiger charge is -2.24. The molecule has 3 rings (SSSR count). The summed E-state index contributed by atoms with van der Waals surface area (Å²) in [5, 5.41) is 28.4. The first-order chi connectivity index (χ1) is 16.4. The fourth-order valence-electron chi connectivity index (χ4n) is 3.55. The quantitative estimate of drug-likeness (QED) is 0.279.